The molecule has 1 aromatic heterocycles. The van der Waals surface area contributed by atoms with Crippen molar-refractivity contribution < 1.29 is 0 Å². The maximum Gasteiger partial charge on any atom is 0.124 e. The van der Waals surface area contributed by atoms with Crippen LogP contribution in [0.4, 0.5) is 0 Å². The molecule has 0 spiro atoms. The van der Waals surface area contributed by atoms with Crippen LogP contribution in [-0.2, 0) is 13.0 Å². The van der Waals surface area contributed by atoms with Crippen molar-refractivity contribution >= 4 is 27.3 Å². The van der Waals surface area contributed by atoms with E-state index in [1.165, 1.54) is 21.7 Å². The van der Waals surface area contributed by atoms with Gasteiger partial charge >= 0.3 is 0 Å². The van der Waals surface area contributed by atoms with Gasteiger partial charge in [0.2, 0.25) is 0 Å². The number of thiazole rings is 1. The van der Waals surface area contributed by atoms with Crippen LogP contribution in [-0.4, -0.2) is 11.0 Å². The third-order valence-corrected chi connectivity index (χ3v) is 4.83. The fourth-order valence-corrected chi connectivity index (χ4v) is 3.74. The molecule has 4 heteroatoms. The Morgan fingerprint density at radius 2 is 2.10 bits per heavy atom. The summed E-state index contributed by atoms with van der Waals surface area (Å²) in [4.78, 5) is 6.19. The Kier molecular flexibility index (Phi) is 5.35. The maximum absolute atomic E-state index is 4.83. The average Bonchev–Trinajstić information content (AvgIpc) is 2.79. The lowest BCUT2D eigenvalue weighted by Gasteiger charge is -2.06. The van der Waals surface area contributed by atoms with Crippen molar-refractivity contribution in [2.75, 3.05) is 0 Å². The number of hydrogen-bond donors (Lipinski definition) is 1. The summed E-state index contributed by atoms with van der Waals surface area (Å²) in [5.74, 6) is 0. The molecule has 0 unspecified atom stereocenters. The van der Waals surface area contributed by atoms with Crippen molar-refractivity contribution in [1.29, 1.82) is 0 Å². The van der Waals surface area contributed by atoms with Gasteiger partial charge < -0.3 is 5.32 Å². The molecule has 0 aliphatic rings. The standard InChI is InChI=1S/C16H21BrN2S/c1-5-14-15(9-18-10(2)3)20-16(19-14)13-7-6-12(17)8-11(13)4/h6-8,10,18H,5,9H2,1-4H3. The van der Waals surface area contributed by atoms with Crippen LogP contribution in [0.2, 0.25) is 0 Å². The summed E-state index contributed by atoms with van der Waals surface area (Å²) in [5.41, 5.74) is 3.73. The molecule has 0 saturated heterocycles. The average molecular weight is 353 g/mol. The van der Waals surface area contributed by atoms with Gasteiger partial charge in [0.1, 0.15) is 5.01 Å². The van der Waals surface area contributed by atoms with Crippen LogP contribution < -0.4 is 5.32 Å². The molecule has 0 saturated carbocycles. The Morgan fingerprint density at radius 3 is 2.70 bits per heavy atom. The zero-order valence-corrected chi connectivity index (χ0v) is 14.9. The van der Waals surface area contributed by atoms with Crippen molar-refractivity contribution in [1.82, 2.24) is 10.3 Å². The van der Waals surface area contributed by atoms with Gasteiger partial charge in [0.05, 0.1) is 5.69 Å². The number of nitrogens with one attached hydrogen (secondary N) is 1. The van der Waals surface area contributed by atoms with E-state index in [0.717, 1.165) is 22.4 Å². The van der Waals surface area contributed by atoms with Crippen LogP contribution in [0.3, 0.4) is 0 Å². The van der Waals surface area contributed by atoms with E-state index in [9.17, 15) is 0 Å². The van der Waals surface area contributed by atoms with E-state index in [4.69, 9.17) is 4.98 Å². The van der Waals surface area contributed by atoms with E-state index in [1.807, 2.05) is 11.3 Å². The van der Waals surface area contributed by atoms with E-state index >= 15 is 0 Å². The van der Waals surface area contributed by atoms with Gasteiger partial charge in [-0.25, -0.2) is 4.98 Å². The van der Waals surface area contributed by atoms with Crippen molar-refractivity contribution in [3.63, 3.8) is 0 Å². The normalized spacial score (nSPS) is 11.3. The summed E-state index contributed by atoms with van der Waals surface area (Å²) in [6.07, 6.45) is 0.987. The molecule has 0 aliphatic carbocycles. The van der Waals surface area contributed by atoms with E-state index in [-0.39, 0.29) is 0 Å². The third kappa shape index (κ3) is 3.68. The molecule has 0 bridgehead atoms. The molecule has 0 fully saturated rings. The molecular weight excluding hydrogens is 332 g/mol. The summed E-state index contributed by atoms with van der Waals surface area (Å²) in [6, 6.07) is 6.88. The van der Waals surface area contributed by atoms with Crippen molar-refractivity contribution in [3.8, 4) is 10.6 Å². The molecular formula is C16H21BrN2S. The molecule has 0 radical (unpaired) electrons. The summed E-state index contributed by atoms with van der Waals surface area (Å²) in [7, 11) is 0. The number of halogens is 1. The Labute approximate surface area is 133 Å². The van der Waals surface area contributed by atoms with Gasteiger partial charge in [-0.15, -0.1) is 11.3 Å². The van der Waals surface area contributed by atoms with Crippen molar-refractivity contribution in [3.05, 3.63) is 38.8 Å². The lowest BCUT2D eigenvalue weighted by molar-refractivity contribution is 0.590. The Hall–Kier alpha value is -0.710. The summed E-state index contributed by atoms with van der Waals surface area (Å²) in [6.45, 7) is 9.57. The van der Waals surface area contributed by atoms with Gasteiger partial charge in [-0.3, -0.25) is 0 Å². The molecule has 108 valence electrons. The Bertz CT molecular complexity index is 590. The molecule has 2 aromatic rings. The second kappa shape index (κ2) is 6.83. The SMILES string of the molecule is CCc1nc(-c2ccc(Br)cc2C)sc1CNC(C)C. The molecule has 0 aliphatic heterocycles. The van der Waals surface area contributed by atoms with Crippen molar-refractivity contribution in [2.24, 2.45) is 0 Å². The van der Waals surface area contributed by atoms with Crippen LogP contribution >= 0.6 is 27.3 Å². The second-order valence-corrected chi connectivity index (χ2v) is 7.24. The van der Waals surface area contributed by atoms with Gasteiger partial charge in [0.15, 0.2) is 0 Å². The second-order valence-electron chi connectivity index (χ2n) is 5.24. The smallest absolute Gasteiger partial charge is 0.124 e. The minimum atomic E-state index is 0.500. The fourth-order valence-electron chi connectivity index (χ4n) is 2.08. The van der Waals surface area contributed by atoms with E-state index in [1.54, 1.807) is 0 Å². The predicted molar refractivity (Wildman–Crippen MR) is 91.3 cm³/mol. The number of nitrogens with zero attached hydrogens (tertiary/aromatic N) is 1. The van der Waals surface area contributed by atoms with Crippen LogP contribution in [0.1, 0.15) is 36.9 Å². The van der Waals surface area contributed by atoms with Gasteiger partial charge in [-0.05, 0) is 31.0 Å². The number of benzene rings is 1. The lowest BCUT2D eigenvalue weighted by atomic mass is 10.1. The topological polar surface area (TPSA) is 24.9 Å². The van der Waals surface area contributed by atoms with Gasteiger partial charge in [-0.2, -0.15) is 0 Å². The largest absolute Gasteiger partial charge is 0.310 e. The third-order valence-electron chi connectivity index (χ3n) is 3.20. The van der Waals surface area contributed by atoms with Crippen LogP contribution in [0.25, 0.3) is 10.6 Å². The molecule has 1 heterocycles. The first-order valence-corrected chi connectivity index (χ1v) is 8.60. The zero-order chi connectivity index (χ0) is 14.7. The number of hydrogen-bond acceptors (Lipinski definition) is 3. The highest BCUT2D eigenvalue weighted by Crippen LogP contribution is 2.32. The fraction of sp³-hybridized carbons (Fsp3) is 0.438. The number of aryl methyl sites for hydroxylation is 2. The molecule has 0 amide bonds. The van der Waals surface area contributed by atoms with Crippen molar-refractivity contribution in [2.45, 2.75) is 46.7 Å². The van der Waals surface area contributed by atoms with Gasteiger partial charge in [0, 0.05) is 27.5 Å². The monoisotopic (exact) mass is 352 g/mol. The summed E-state index contributed by atoms with van der Waals surface area (Å²) in [5, 5.41) is 4.62. The van der Waals surface area contributed by atoms with E-state index < -0.39 is 0 Å². The molecule has 1 aromatic carbocycles. The molecule has 2 nitrogen and oxygen atoms in total. The number of aromatic nitrogens is 1. The molecule has 0 atom stereocenters. The minimum absolute atomic E-state index is 0.500. The first kappa shape index (κ1) is 15.7. The highest BCUT2D eigenvalue weighted by atomic mass is 79.9. The Morgan fingerprint density at radius 1 is 1.35 bits per heavy atom. The van der Waals surface area contributed by atoms with Crippen LogP contribution in [0.15, 0.2) is 22.7 Å². The minimum Gasteiger partial charge on any atom is -0.310 e. The van der Waals surface area contributed by atoms with Crippen LogP contribution in [0, 0.1) is 6.92 Å². The van der Waals surface area contributed by atoms with Gasteiger partial charge in [0.25, 0.3) is 0 Å². The zero-order valence-electron chi connectivity index (χ0n) is 12.5. The maximum atomic E-state index is 4.83. The first-order valence-electron chi connectivity index (χ1n) is 6.99. The lowest BCUT2D eigenvalue weighted by Crippen LogP contribution is -2.21. The predicted octanol–water partition coefficient (Wildman–Crippen LogP) is 4.94. The quantitative estimate of drug-likeness (QED) is 0.823. The summed E-state index contributed by atoms with van der Waals surface area (Å²) >= 11 is 5.33. The summed E-state index contributed by atoms with van der Waals surface area (Å²) < 4.78 is 1.12. The highest BCUT2D eigenvalue weighted by molar-refractivity contribution is 9.10. The Balaban J connectivity index is 2.33. The molecule has 1 N–H and O–H groups in total. The van der Waals surface area contributed by atoms with Gasteiger partial charge in [-0.1, -0.05) is 42.8 Å². The molecule has 20 heavy (non-hydrogen) atoms. The highest BCUT2D eigenvalue weighted by Gasteiger charge is 2.13. The first-order chi connectivity index (χ1) is 9.51. The number of rotatable bonds is 5. The van der Waals surface area contributed by atoms with Crippen LogP contribution in [0.5, 0.6) is 0 Å². The van der Waals surface area contributed by atoms with E-state index in [0.29, 0.717) is 6.04 Å². The van der Waals surface area contributed by atoms with E-state index in [2.05, 4.69) is 67.1 Å². The molecule has 2 rings (SSSR count).